The zero-order chi connectivity index (χ0) is 24.6. The average Bonchev–Trinajstić information content (AvgIpc) is 2.76. The van der Waals surface area contributed by atoms with Gasteiger partial charge in [0.15, 0.2) is 0 Å². The standard InChI is InChI=1S/C24H32FN3O4S/c1-5-6-15-26-24(30)19(3)27(16-20-9-7-18(2)8-10-20)23(29)17-28(33(4,31)32)22-13-11-21(25)12-14-22/h7-14,19H,5-6,15-17H2,1-4H3,(H,26,30)/t19-/m1/s1. The molecule has 0 spiro atoms. The molecule has 180 valence electrons. The molecule has 0 saturated carbocycles. The summed E-state index contributed by atoms with van der Waals surface area (Å²) in [4.78, 5) is 27.4. The van der Waals surface area contributed by atoms with Gasteiger partial charge in [0.2, 0.25) is 21.8 Å². The van der Waals surface area contributed by atoms with E-state index in [1.54, 1.807) is 6.92 Å². The summed E-state index contributed by atoms with van der Waals surface area (Å²) in [6.07, 6.45) is 2.72. The highest BCUT2D eigenvalue weighted by Crippen LogP contribution is 2.19. The van der Waals surface area contributed by atoms with Crippen LogP contribution in [0, 0.1) is 12.7 Å². The minimum Gasteiger partial charge on any atom is -0.354 e. The van der Waals surface area contributed by atoms with Gasteiger partial charge < -0.3 is 10.2 Å². The van der Waals surface area contributed by atoms with Gasteiger partial charge in [-0.25, -0.2) is 12.8 Å². The lowest BCUT2D eigenvalue weighted by molar-refractivity contribution is -0.139. The lowest BCUT2D eigenvalue weighted by Crippen LogP contribution is -2.51. The van der Waals surface area contributed by atoms with Crippen LogP contribution in [-0.2, 0) is 26.2 Å². The van der Waals surface area contributed by atoms with Gasteiger partial charge in [0.05, 0.1) is 11.9 Å². The Morgan fingerprint density at radius 2 is 1.67 bits per heavy atom. The van der Waals surface area contributed by atoms with E-state index >= 15 is 0 Å². The van der Waals surface area contributed by atoms with Crippen molar-refractivity contribution in [2.24, 2.45) is 0 Å². The number of sulfonamides is 1. The fourth-order valence-electron chi connectivity index (χ4n) is 3.23. The molecule has 2 aromatic carbocycles. The fourth-order valence-corrected chi connectivity index (χ4v) is 4.08. The van der Waals surface area contributed by atoms with Crippen molar-refractivity contribution in [3.63, 3.8) is 0 Å². The van der Waals surface area contributed by atoms with E-state index in [9.17, 15) is 22.4 Å². The number of nitrogens with one attached hydrogen (secondary N) is 1. The number of anilines is 1. The number of amides is 2. The van der Waals surface area contributed by atoms with Crippen molar-refractivity contribution < 1.29 is 22.4 Å². The van der Waals surface area contributed by atoms with E-state index in [1.165, 1.54) is 17.0 Å². The summed E-state index contributed by atoms with van der Waals surface area (Å²) in [7, 11) is -3.84. The number of benzene rings is 2. The van der Waals surface area contributed by atoms with Crippen molar-refractivity contribution in [2.45, 2.75) is 46.2 Å². The zero-order valence-corrected chi connectivity index (χ0v) is 20.4. The van der Waals surface area contributed by atoms with Crippen molar-refractivity contribution >= 4 is 27.5 Å². The second-order valence-electron chi connectivity index (χ2n) is 8.07. The number of halogens is 1. The molecule has 2 rings (SSSR count). The van der Waals surface area contributed by atoms with Crippen LogP contribution in [0.2, 0.25) is 0 Å². The Kier molecular flexibility index (Phi) is 9.40. The minimum atomic E-state index is -3.84. The molecular formula is C24H32FN3O4S. The van der Waals surface area contributed by atoms with E-state index in [0.29, 0.717) is 6.54 Å². The fraction of sp³-hybridized carbons (Fsp3) is 0.417. The molecule has 7 nitrogen and oxygen atoms in total. The molecule has 0 radical (unpaired) electrons. The van der Waals surface area contributed by atoms with E-state index in [-0.39, 0.29) is 18.1 Å². The summed E-state index contributed by atoms with van der Waals surface area (Å²) < 4.78 is 39.1. The maximum absolute atomic E-state index is 13.4. The van der Waals surface area contributed by atoms with Crippen molar-refractivity contribution in [3.8, 4) is 0 Å². The van der Waals surface area contributed by atoms with Crippen LogP contribution in [0.15, 0.2) is 48.5 Å². The summed E-state index contributed by atoms with van der Waals surface area (Å²) in [6, 6.07) is 11.6. The maximum atomic E-state index is 13.4. The molecule has 33 heavy (non-hydrogen) atoms. The van der Waals surface area contributed by atoms with E-state index in [2.05, 4.69) is 5.32 Å². The Hall–Kier alpha value is -2.94. The molecular weight excluding hydrogens is 445 g/mol. The molecule has 0 aromatic heterocycles. The van der Waals surface area contributed by atoms with E-state index < -0.39 is 34.3 Å². The lowest BCUT2D eigenvalue weighted by Gasteiger charge is -2.31. The first kappa shape index (κ1) is 26.3. The molecule has 0 aliphatic rings. The molecule has 0 bridgehead atoms. The largest absolute Gasteiger partial charge is 0.354 e. The first-order chi connectivity index (χ1) is 15.5. The number of hydrogen-bond acceptors (Lipinski definition) is 4. The van der Waals surface area contributed by atoms with Gasteiger partial charge in [-0.3, -0.25) is 13.9 Å². The minimum absolute atomic E-state index is 0.141. The normalized spacial score (nSPS) is 12.2. The molecule has 0 fully saturated rings. The smallest absolute Gasteiger partial charge is 0.244 e. The van der Waals surface area contributed by atoms with Crippen LogP contribution in [0.5, 0.6) is 0 Å². The van der Waals surface area contributed by atoms with Crippen LogP contribution in [0.3, 0.4) is 0 Å². The first-order valence-electron chi connectivity index (χ1n) is 10.9. The summed E-state index contributed by atoms with van der Waals surface area (Å²) >= 11 is 0. The third-order valence-electron chi connectivity index (χ3n) is 5.26. The van der Waals surface area contributed by atoms with Crippen molar-refractivity contribution in [2.75, 3.05) is 23.7 Å². The Labute approximate surface area is 195 Å². The maximum Gasteiger partial charge on any atom is 0.244 e. The van der Waals surface area contributed by atoms with E-state index in [0.717, 1.165) is 46.7 Å². The molecule has 0 aliphatic heterocycles. The van der Waals surface area contributed by atoms with Crippen LogP contribution < -0.4 is 9.62 Å². The molecule has 2 amide bonds. The second kappa shape index (κ2) is 11.8. The number of rotatable bonds is 11. The third-order valence-corrected chi connectivity index (χ3v) is 6.40. The number of nitrogens with zero attached hydrogens (tertiary/aromatic N) is 2. The van der Waals surface area contributed by atoms with Gasteiger partial charge in [-0.05, 0) is 50.1 Å². The molecule has 2 aromatic rings. The van der Waals surface area contributed by atoms with E-state index in [1.807, 2.05) is 38.1 Å². The Morgan fingerprint density at radius 3 is 2.21 bits per heavy atom. The summed E-state index contributed by atoms with van der Waals surface area (Å²) in [5, 5.41) is 2.83. The highest BCUT2D eigenvalue weighted by molar-refractivity contribution is 7.92. The molecule has 9 heteroatoms. The summed E-state index contributed by atoms with van der Waals surface area (Å²) in [6.45, 7) is 5.71. The van der Waals surface area contributed by atoms with Crippen LogP contribution in [0.25, 0.3) is 0 Å². The topological polar surface area (TPSA) is 86.8 Å². The molecule has 0 aliphatic carbocycles. The monoisotopic (exact) mass is 477 g/mol. The van der Waals surface area contributed by atoms with Crippen LogP contribution in [-0.4, -0.2) is 50.5 Å². The van der Waals surface area contributed by atoms with E-state index in [4.69, 9.17) is 0 Å². The Balaban J connectivity index is 2.32. The number of aryl methyl sites for hydroxylation is 1. The van der Waals surface area contributed by atoms with Crippen molar-refractivity contribution in [3.05, 3.63) is 65.5 Å². The third kappa shape index (κ3) is 7.85. The second-order valence-corrected chi connectivity index (χ2v) is 9.98. The van der Waals surface area contributed by atoms with Crippen LogP contribution >= 0.6 is 0 Å². The molecule has 0 saturated heterocycles. The zero-order valence-electron chi connectivity index (χ0n) is 19.5. The van der Waals surface area contributed by atoms with Crippen molar-refractivity contribution in [1.29, 1.82) is 0 Å². The Bertz CT molecular complexity index is 1040. The lowest BCUT2D eigenvalue weighted by atomic mass is 10.1. The summed E-state index contributed by atoms with van der Waals surface area (Å²) in [5.74, 6) is -1.36. The quantitative estimate of drug-likeness (QED) is 0.504. The number of carbonyl (C=O) groups excluding carboxylic acids is 2. The number of hydrogen-bond donors (Lipinski definition) is 1. The Morgan fingerprint density at radius 1 is 1.06 bits per heavy atom. The van der Waals surface area contributed by atoms with Gasteiger partial charge in [0.25, 0.3) is 0 Å². The van der Waals surface area contributed by atoms with Gasteiger partial charge in [-0.1, -0.05) is 43.2 Å². The average molecular weight is 478 g/mol. The number of unbranched alkanes of at least 4 members (excludes halogenated alkanes) is 1. The first-order valence-corrected chi connectivity index (χ1v) is 12.7. The van der Waals surface area contributed by atoms with Gasteiger partial charge in [0.1, 0.15) is 18.4 Å². The van der Waals surface area contributed by atoms with Gasteiger partial charge in [-0.2, -0.15) is 0 Å². The highest BCUT2D eigenvalue weighted by Gasteiger charge is 2.30. The molecule has 1 atom stereocenters. The predicted octanol–water partition coefficient (Wildman–Crippen LogP) is 3.23. The SMILES string of the molecule is CCCCNC(=O)[C@@H](C)N(Cc1ccc(C)cc1)C(=O)CN(c1ccc(F)cc1)S(C)(=O)=O. The van der Waals surface area contributed by atoms with Gasteiger partial charge >= 0.3 is 0 Å². The number of carbonyl (C=O) groups is 2. The summed E-state index contributed by atoms with van der Waals surface area (Å²) in [5.41, 5.74) is 2.04. The van der Waals surface area contributed by atoms with Crippen LogP contribution in [0.4, 0.5) is 10.1 Å². The molecule has 1 N–H and O–H groups in total. The molecule has 0 heterocycles. The van der Waals surface area contributed by atoms with Gasteiger partial charge in [-0.15, -0.1) is 0 Å². The molecule has 0 unspecified atom stereocenters. The van der Waals surface area contributed by atoms with Crippen LogP contribution in [0.1, 0.15) is 37.8 Å². The highest BCUT2D eigenvalue weighted by atomic mass is 32.2. The van der Waals surface area contributed by atoms with Gasteiger partial charge in [0, 0.05) is 13.1 Å². The van der Waals surface area contributed by atoms with Crippen molar-refractivity contribution in [1.82, 2.24) is 10.2 Å². The predicted molar refractivity (Wildman–Crippen MR) is 128 cm³/mol.